The molecule has 2 N–H and O–H groups in total. The average molecular weight is 303 g/mol. The van der Waals surface area contributed by atoms with Crippen LogP contribution in [0.4, 0.5) is 11.5 Å². The van der Waals surface area contributed by atoms with Gasteiger partial charge in [-0.05, 0) is 18.7 Å². The second-order valence-corrected chi connectivity index (χ2v) is 5.85. The van der Waals surface area contributed by atoms with Crippen molar-refractivity contribution in [3.05, 3.63) is 53.2 Å². The summed E-state index contributed by atoms with van der Waals surface area (Å²) in [6.07, 6.45) is 0. The first-order chi connectivity index (χ1) is 10.1. The van der Waals surface area contributed by atoms with Gasteiger partial charge in [0.15, 0.2) is 0 Å². The van der Waals surface area contributed by atoms with E-state index in [4.69, 9.17) is 17.3 Å². The van der Waals surface area contributed by atoms with Crippen LogP contribution in [0.2, 0.25) is 5.15 Å². The molecule has 2 heterocycles. The Balaban J connectivity index is 1.98. The van der Waals surface area contributed by atoms with Crippen molar-refractivity contribution in [3.63, 3.8) is 0 Å². The van der Waals surface area contributed by atoms with Crippen LogP contribution < -0.4 is 10.6 Å². The van der Waals surface area contributed by atoms with E-state index in [0.717, 1.165) is 25.5 Å². The number of pyridine rings is 1. The smallest absolute Gasteiger partial charge is 0.133 e. The van der Waals surface area contributed by atoms with Gasteiger partial charge in [-0.1, -0.05) is 41.9 Å². The lowest BCUT2D eigenvalue weighted by molar-refractivity contribution is 0.268. The third kappa shape index (κ3) is 3.12. The van der Waals surface area contributed by atoms with Crippen molar-refractivity contribution in [2.45, 2.75) is 6.04 Å². The van der Waals surface area contributed by atoms with Crippen LogP contribution in [0.15, 0.2) is 42.5 Å². The zero-order valence-electron chi connectivity index (χ0n) is 12.0. The van der Waals surface area contributed by atoms with Crippen molar-refractivity contribution in [2.24, 2.45) is 0 Å². The van der Waals surface area contributed by atoms with E-state index in [2.05, 4.69) is 46.1 Å². The van der Waals surface area contributed by atoms with Crippen LogP contribution in [0.25, 0.3) is 0 Å². The highest BCUT2D eigenvalue weighted by atomic mass is 35.5. The topological polar surface area (TPSA) is 45.4 Å². The van der Waals surface area contributed by atoms with Gasteiger partial charge in [0.25, 0.3) is 0 Å². The Bertz CT molecular complexity index is 597. The maximum atomic E-state index is 6.06. The van der Waals surface area contributed by atoms with Crippen LogP contribution in [0.3, 0.4) is 0 Å². The fourth-order valence-corrected chi connectivity index (χ4v) is 3.02. The summed E-state index contributed by atoms with van der Waals surface area (Å²) in [6.45, 7) is 2.86. The normalized spacial score (nSPS) is 19.7. The minimum Gasteiger partial charge on any atom is -0.399 e. The minimum absolute atomic E-state index is 0.260. The zero-order valence-corrected chi connectivity index (χ0v) is 12.8. The van der Waals surface area contributed by atoms with Crippen molar-refractivity contribution >= 4 is 23.1 Å². The Morgan fingerprint density at radius 2 is 1.95 bits per heavy atom. The number of hydrogen-bond acceptors (Lipinski definition) is 4. The molecule has 0 radical (unpaired) electrons. The van der Waals surface area contributed by atoms with Crippen molar-refractivity contribution < 1.29 is 0 Å². The lowest BCUT2D eigenvalue weighted by atomic mass is 10.0. The molecule has 0 spiro atoms. The fourth-order valence-electron chi connectivity index (χ4n) is 2.80. The molecule has 1 unspecified atom stereocenters. The first-order valence-electron chi connectivity index (χ1n) is 7.06. The predicted molar refractivity (Wildman–Crippen MR) is 87.7 cm³/mol. The van der Waals surface area contributed by atoms with E-state index in [1.807, 2.05) is 12.1 Å². The number of likely N-dealkylation sites (N-methyl/N-ethyl adjacent to an activating group) is 1. The van der Waals surface area contributed by atoms with Gasteiger partial charge in [0.05, 0.1) is 6.04 Å². The summed E-state index contributed by atoms with van der Waals surface area (Å²) in [4.78, 5) is 9.08. The van der Waals surface area contributed by atoms with Crippen LogP contribution in [0, 0.1) is 0 Å². The molecule has 4 nitrogen and oxygen atoms in total. The van der Waals surface area contributed by atoms with E-state index in [1.54, 1.807) is 6.07 Å². The van der Waals surface area contributed by atoms with E-state index in [1.165, 1.54) is 5.56 Å². The average Bonchev–Trinajstić information content (AvgIpc) is 2.47. The highest BCUT2D eigenvalue weighted by Gasteiger charge is 2.27. The molecule has 0 amide bonds. The lowest BCUT2D eigenvalue weighted by Gasteiger charge is -2.41. The van der Waals surface area contributed by atoms with Crippen LogP contribution >= 0.6 is 11.6 Å². The van der Waals surface area contributed by atoms with Gasteiger partial charge in [-0.15, -0.1) is 0 Å². The van der Waals surface area contributed by atoms with E-state index >= 15 is 0 Å². The van der Waals surface area contributed by atoms with Gasteiger partial charge >= 0.3 is 0 Å². The summed E-state index contributed by atoms with van der Waals surface area (Å²) in [5, 5.41) is 0.440. The number of hydrogen-bond donors (Lipinski definition) is 1. The molecule has 1 aliphatic rings. The maximum absolute atomic E-state index is 6.06. The first kappa shape index (κ1) is 14.2. The zero-order chi connectivity index (χ0) is 14.8. The predicted octanol–water partition coefficient (Wildman–Crippen LogP) is 2.81. The quantitative estimate of drug-likeness (QED) is 0.867. The van der Waals surface area contributed by atoms with E-state index < -0.39 is 0 Å². The molecule has 0 saturated carbocycles. The molecule has 110 valence electrons. The van der Waals surface area contributed by atoms with Crippen LogP contribution in [-0.4, -0.2) is 36.6 Å². The number of nitrogens with zero attached hydrogens (tertiary/aromatic N) is 3. The Hall–Kier alpha value is -1.78. The summed E-state index contributed by atoms with van der Waals surface area (Å²) in [7, 11) is 2.15. The molecule has 3 rings (SSSR count). The Morgan fingerprint density at radius 3 is 2.67 bits per heavy atom. The SMILES string of the molecule is CN1CCN(c2cc(N)cc(Cl)n2)C(c2ccccc2)C1. The molecular weight excluding hydrogens is 284 g/mol. The van der Waals surface area contributed by atoms with Gasteiger partial charge in [0, 0.05) is 31.4 Å². The Labute approximate surface area is 130 Å². The molecule has 1 saturated heterocycles. The molecule has 2 aromatic rings. The molecule has 0 aliphatic carbocycles. The van der Waals surface area contributed by atoms with Gasteiger partial charge in [0.1, 0.15) is 11.0 Å². The number of nitrogens with two attached hydrogens (primary N) is 1. The number of nitrogen functional groups attached to an aromatic ring is 1. The van der Waals surface area contributed by atoms with E-state index in [0.29, 0.717) is 10.8 Å². The number of aromatic nitrogens is 1. The summed E-state index contributed by atoms with van der Waals surface area (Å²) < 4.78 is 0. The molecule has 1 aromatic heterocycles. The van der Waals surface area contributed by atoms with Crippen molar-refractivity contribution in [1.82, 2.24) is 9.88 Å². The van der Waals surface area contributed by atoms with Crippen molar-refractivity contribution in [2.75, 3.05) is 37.3 Å². The van der Waals surface area contributed by atoms with Crippen LogP contribution in [0.1, 0.15) is 11.6 Å². The van der Waals surface area contributed by atoms with Crippen molar-refractivity contribution in [3.8, 4) is 0 Å². The van der Waals surface area contributed by atoms with Crippen LogP contribution in [-0.2, 0) is 0 Å². The Morgan fingerprint density at radius 1 is 1.19 bits per heavy atom. The number of piperazine rings is 1. The summed E-state index contributed by atoms with van der Waals surface area (Å²) in [5.74, 6) is 0.849. The fraction of sp³-hybridized carbons (Fsp3) is 0.312. The number of halogens is 1. The summed E-state index contributed by atoms with van der Waals surface area (Å²) in [6, 6.07) is 14.3. The first-order valence-corrected chi connectivity index (χ1v) is 7.44. The molecule has 1 aliphatic heterocycles. The van der Waals surface area contributed by atoms with Crippen molar-refractivity contribution in [1.29, 1.82) is 0 Å². The molecule has 21 heavy (non-hydrogen) atoms. The standard InChI is InChI=1S/C16H19ClN4/c1-20-7-8-21(16-10-13(18)9-15(17)19-16)14(11-20)12-5-3-2-4-6-12/h2-6,9-10,14H,7-8,11H2,1H3,(H2,18,19). The molecule has 1 atom stereocenters. The van der Waals surface area contributed by atoms with E-state index in [9.17, 15) is 0 Å². The highest BCUT2D eigenvalue weighted by molar-refractivity contribution is 6.29. The molecule has 1 fully saturated rings. The minimum atomic E-state index is 0.260. The molecule has 5 heteroatoms. The van der Waals surface area contributed by atoms with Crippen LogP contribution in [0.5, 0.6) is 0 Å². The lowest BCUT2D eigenvalue weighted by Crippen LogP contribution is -2.47. The summed E-state index contributed by atoms with van der Waals surface area (Å²) >= 11 is 6.06. The van der Waals surface area contributed by atoms with Gasteiger partial charge in [-0.3, -0.25) is 0 Å². The molecular formula is C16H19ClN4. The van der Waals surface area contributed by atoms with Gasteiger partial charge in [0.2, 0.25) is 0 Å². The van der Waals surface area contributed by atoms with Gasteiger partial charge < -0.3 is 15.5 Å². The second-order valence-electron chi connectivity index (χ2n) is 5.46. The summed E-state index contributed by atoms with van der Waals surface area (Å²) in [5.41, 5.74) is 7.85. The molecule has 0 bridgehead atoms. The van der Waals surface area contributed by atoms with Gasteiger partial charge in [-0.2, -0.15) is 0 Å². The number of rotatable bonds is 2. The molecule has 1 aromatic carbocycles. The van der Waals surface area contributed by atoms with E-state index in [-0.39, 0.29) is 6.04 Å². The number of anilines is 2. The second kappa shape index (κ2) is 5.92. The monoisotopic (exact) mass is 302 g/mol. The Kier molecular flexibility index (Phi) is 3.99. The van der Waals surface area contributed by atoms with Gasteiger partial charge in [-0.25, -0.2) is 4.98 Å². The third-order valence-electron chi connectivity index (χ3n) is 3.86. The maximum Gasteiger partial charge on any atom is 0.133 e. The number of benzene rings is 1. The third-order valence-corrected chi connectivity index (χ3v) is 4.06. The highest BCUT2D eigenvalue weighted by Crippen LogP contribution is 2.31. The largest absolute Gasteiger partial charge is 0.399 e.